The van der Waals surface area contributed by atoms with Gasteiger partial charge in [0.15, 0.2) is 0 Å². The third-order valence-electron chi connectivity index (χ3n) is 4.52. The molecule has 1 aliphatic carbocycles. The number of hydrogen-bond acceptors (Lipinski definition) is 4. The summed E-state index contributed by atoms with van der Waals surface area (Å²) in [6, 6.07) is 0. The van der Waals surface area contributed by atoms with Gasteiger partial charge in [0.2, 0.25) is 18.2 Å². The summed E-state index contributed by atoms with van der Waals surface area (Å²) in [6.07, 6.45) is 1.49. The number of nitrogens with zero attached hydrogens (tertiary/aromatic N) is 3. The highest BCUT2D eigenvalue weighted by molar-refractivity contribution is 5.92. The smallest absolute Gasteiger partial charge is 0.226 e. The standard InChI is InChI=1S/C14H21N3O4/c18-10-15-1-3-16(4-2-15)13(19)11-9-12(11)14(20)17-5-7-21-8-6-17/h10-12H,1-9H2. The fraction of sp³-hybridized carbons (Fsp3) is 0.786. The van der Waals surface area contributed by atoms with Crippen molar-refractivity contribution in [1.29, 1.82) is 0 Å². The molecule has 2 unspecified atom stereocenters. The van der Waals surface area contributed by atoms with Crippen LogP contribution in [0.5, 0.6) is 0 Å². The van der Waals surface area contributed by atoms with Gasteiger partial charge in [-0.3, -0.25) is 14.4 Å². The van der Waals surface area contributed by atoms with Crippen molar-refractivity contribution >= 4 is 18.2 Å². The zero-order valence-corrected chi connectivity index (χ0v) is 12.1. The molecule has 0 radical (unpaired) electrons. The van der Waals surface area contributed by atoms with Crippen molar-refractivity contribution in [2.24, 2.45) is 11.8 Å². The molecule has 3 amide bonds. The number of ether oxygens (including phenoxy) is 1. The van der Waals surface area contributed by atoms with E-state index in [1.54, 1.807) is 9.80 Å². The van der Waals surface area contributed by atoms with Crippen molar-refractivity contribution in [3.63, 3.8) is 0 Å². The van der Waals surface area contributed by atoms with Crippen molar-refractivity contribution in [1.82, 2.24) is 14.7 Å². The molecule has 2 saturated heterocycles. The monoisotopic (exact) mass is 295 g/mol. The van der Waals surface area contributed by atoms with E-state index in [-0.39, 0.29) is 23.7 Å². The molecule has 2 aliphatic heterocycles. The van der Waals surface area contributed by atoms with Crippen LogP contribution in [0.4, 0.5) is 0 Å². The molecule has 7 heteroatoms. The third kappa shape index (κ3) is 3.02. The van der Waals surface area contributed by atoms with E-state index in [2.05, 4.69) is 0 Å². The molecule has 0 bridgehead atoms. The maximum Gasteiger partial charge on any atom is 0.226 e. The van der Waals surface area contributed by atoms with Gasteiger partial charge >= 0.3 is 0 Å². The predicted molar refractivity (Wildman–Crippen MR) is 73.2 cm³/mol. The van der Waals surface area contributed by atoms with Gasteiger partial charge in [0.05, 0.1) is 25.0 Å². The molecule has 3 rings (SSSR count). The molecule has 7 nitrogen and oxygen atoms in total. The molecule has 0 aromatic rings. The van der Waals surface area contributed by atoms with Crippen LogP contribution in [0.1, 0.15) is 6.42 Å². The topological polar surface area (TPSA) is 70.2 Å². The number of hydrogen-bond donors (Lipinski definition) is 0. The van der Waals surface area contributed by atoms with E-state index in [4.69, 9.17) is 4.74 Å². The highest BCUT2D eigenvalue weighted by Gasteiger charge is 2.51. The molecule has 116 valence electrons. The summed E-state index contributed by atoms with van der Waals surface area (Å²) in [5.74, 6) is -0.113. The first-order valence-corrected chi connectivity index (χ1v) is 7.55. The summed E-state index contributed by atoms with van der Waals surface area (Å²) >= 11 is 0. The van der Waals surface area contributed by atoms with E-state index in [0.717, 1.165) is 6.41 Å². The average molecular weight is 295 g/mol. The highest BCUT2D eigenvalue weighted by Crippen LogP contribution is 2.41. The predicted octanol–water partition coefficient (Wildman–Crippen LogP) is -1.22. The van der Waals surface area contributed by atoms with Gasteiger partial charge in [-0.2, -0.15) is 0 Å². The number of carbonyl (C=O) groups is 3. The van der Waals surface area contributed by atoms with E-state index in [1.165, 1.54) is 0 Å². The minimum absolute atomic E-state index is 0.0761. The van der Waals surface area contributed by atoms with Gasteiger partial charge in [-0.15, -0.1) is 0 Å². The molecule has 3 aliphatic rings. The summed E-state index contributed by atoms with van der Waals surface area (Å²) in [6.45, 7) is 4.77. The molecule has 0 N–H and O–H groups in total. The van der Waals surface area contributed by atoms with Gasteiger partial charge < -0.3 is 19.4 Å². The van der Waals surface area contributed by atoms with Crippen LogP contribution >= 0.6 is 0 Å². The first kappa shape index (κ1) is 14.3. The van der Waals surface area contributed by atoms with Gasteiger partial charge in [0, 0.05) is 39.3 Å². The van der Waals surface area contributed by atoms with Crippen molar-refractivity contribution < 1.29 is 19.1 Å². The van der Waals surface area contributed by atoms with Gasteiger partial charge in [0.25, 0.3) is 0 Å². The number of morpholine rings is 1. The second-order valence-electron chi connectivity index (χ2n) is 5.85. The summed E-state index contributed by atoms with van der Waals surface area (Å²) in [5.41, 5.74) is 0. The van der Waals surface area contributed by atoms with Crippen molar-refractivity contribution in [2.45, 2.75) is 6.42 Å². The fourth-order valence-corrected chi connectivity index (χ4v) is 3.04. The Kier molecular flexibility index (Phi) is 4.10. The largest absolute Gasteiger partial charge is 0.378 e. The van der Waals surface area contributed by atoms with Gasteiger partial charge in [-0.25, -0.2) is 0 Å². The average Bonchev–Trinajstić information content (AvgIpc) is 3.35. The molecule has 3 fully saturated rings. The second kappa shape index (κ2) is 6.01. The highest BCUT2D eigenvalue weighted by atomic mass is 16.5. The van der Waals surface area contributed by atoms with Crippen molar-refractivity contribution in [2.75, 3.05) is 52.5 Å². The minimum atomic E-state index is -0.150. The van der Waals surface area contributed by atoms with Crippen LogP contribution in [0, 0.1) is 11.8 Å². The Morgan fingerprint density at radius 3 is 1.90 bits per heavy atom. The quantitative estimate of drug-likeness (QED) is 0.612. The lowest BCUT2D eigenvalue weighted by atomic mass is 10.2. The summed E-state index contributed by atoms with van der Waals surface area (Å²) < 4.78 is 5.24. The van der Waals surface area contributed by atoms with Crippen LogP contribution in [0.2, 0.25) is 0 Å². The SMILES string of the molecule is O=CN1CCN(C(=O)C2CC2C(=O)N2CCOCC2)CC1. The van der Waals surface area contributed by atoms with Crippen molar-refractivity contribution in [3.05, 3.63) is 0 Å². The molecular weight excluding hydrogens is 274 g/mol. The van der Waals surface area contributed by atoms with Crippen LogP contribution in [0.15, 0.2) is 0 Å². The number of carbonyl (C=O) groups excluding carboxylic acids is 3. The third-order valence-corrected chi connectivity index (χ3v) is 4.52. The number of amides is 3. The molecule has 1 saturated carbocycles. The lowest BCUT2D eigenvalue weighted by Crippen LogP contribution is -2.49. The van der Waals surface area contributed by atoms with Crippen LogP contribution in [-0.4, -0.2) is 85.4 Å². The number of rotatable bonds is 3. The van der Waals surface area contributed by atoms with Gasteiger partial charge in [-0.05, 0) is 6.42 Å². The molecule has 0 aromatic carbocycles. The lowest BCUT2D eigenvalue weighted by Gasteiger charge is -2.33. The van der Waals surface area contributed by atoms with E-state index in [1.807, 2.05) is 4.90 Å². The normalized spacial score (nSPS) is 29.2. The fourth-order valence-electron chi connectivity index (χ4n) is 3.04. The Morgan fingerprint density at radius 1 is 0.857 bits per heavy atom. The Bertz CT molecular complexity index is 428. The van der Waals surface area contributed by atoms with E-state index in [0.29, 0.717) is 58.9 Å². The zero-order valence-electron chi connectivity index (χ0n) is 12.1. The van der Waals surface area contributed by atoms with Crippen LogP contribution < -0.4 is 0 Å². The molecular formula is C14H21N3O4. The van der Waals surface area contributed by atoms with E-state index >= 15 is 0 Å². The van der Waals surface area contributed by atoms with Crippen LogP contribution in [-0.2, 0) is 19.1 Å². The Labute approximate surface area is 123 Å². The maximum atomic E-state index is 12.4. The Hall–Kier alpha value is -1.63. The summed E-state index contributed by atoms with van der Waals surface area (Å²) in [5, 5.41) is 0. The van der Waals surface area contributed by atoms with Crippen LogP contribution in [0.3, 0.4) is 0 Å². The van der Waals surface area contributed by atoms with Gasteiger partial charge in [0.1, 0.15) is 0 Å². The van der Waals surface area contributed by atoms with E-state index < -0.39 is 0 Å². The molecule has 2 atom stereocenters. The van der Waals surface area contributed by atoms with Crippen molar-refractivity contribution in [3.8, 4) is 0 Å². The maximum absolute atomic E-state index is 12.4. The Balaban J connectivity index is 1.49. The second-order valence-corrected chi connectivity index (χ2v) is 5.85. The molecule has 21 heavy (non-hydrogen) atoms. The Morgan fingerprint density at radius 2 is 1.38 bits per heavy atom. The van der Waals surface area contributed by atoms with E-state index in [9.17, 15) is 14.4 Å². The lowest BCUT2D eigenvalue weighted by molar-refractivity contribution is -0.141. The first-order valence-electron chi connectivity index (χ1n) is 7.55. The summed E-state index contributed by atoms with van der Waals surface area (Å²) in [7, 11) is 0. The molecule has 0 spiro atoms. The number of piperazine rings is 1. The minimum Gasteiger partial charge on any atom is -0.378 e. The summed E-state index contributed by atoms with van der Waals surface area (Å²) in [4.78, 5) is 40.6. The van der Waals surface area contributed by atoms with Crippen LogP contribution in [0.25, 0.3) is 0 Å². The first-order chi connectivity index (χ1) is 10.2. The van der Waals surface area contributed by atoms with Gasteiger partial charge in [-0.1, -0.05) is 0 Å². The molecule has 0 aromatic heterocycles. The zero-order chi connectivity index (χ0) is 14.8. The molecule has 2 heterocycles.